The smallest absolute Gasteiger partial charge is 0.192 e. The van der Waals surface area contributed by atoms with Gasteiger partial charge in [0.2, 0.25) is 0 Å². The normalized spacial score (nSPS) is 31.0. The monoisotopic (exact) mass is 440 g/mol. The van der Waals surface area contributed by atoms with E-state index in [0.717, 1.165) is 31.0 Å². The van der Waals surface area contributed by atoms with Crippen molar-refractivity contribution >= 4 is 8.32 Å². The molecule has 0 aromatic heterocycles. The molecule has 2 aliphatic rings. The minimum Gasteiger partial charge on any atom is -0.409 e. The van der Waals surface area contributed by atoms with Crippen molar-refractivity contribution in [3.8, 4) is 0 Å². The molecule has 0 saturated heterocycles. The van der Waals surface area contributed by atoms with E-state index in [1.165, 1.54) is 31.3 Å². The van der Waals surface area contributed by atoms with Crippen LogP contribution in [0.3, 0.4) is 0 Å². The zero-order valence-electron chi connectivity index (χ0n) is 20.9. The molecule has 5 atom stereocenters. The van der Waals surface area contributed by atoms with E-state index in [2.05, 4.69) is 40.7 Å². The summed E-state index contributed by atoms with van der Waals surface area (Å²) in [5, 5.41) is 9.43. The number of hydrogen-bond acceptors (Lipinski definition) is 2. The number of alkyl halides is 1. The van der Waals surface area contributed by atoms with Crippen LogP contribution in [0, 0.1) is 23.2 Å². The van der Waals surface area contributed by atoms with Crippen LogP contribution in [0.1, 0.15) is 93.4 Å². The van der Waals surface area contributed by atoms with E-state index < -0.39 is 20.1 Å². The van der Waals surface area contributed by atoms with Crippen LogP contribution in [0.5, 0.6) is 0 Å². The molecular formula is C26H49FO2Si. The third kappa shape index (κ3) is 5.40. The Hall–Kier alpha value is -0.193. The number of hydrogen-bond donors (Lipinski definition) is 1. The number of aliphatic hydroxyl groups is 1. The molecule has 2 fully saturated rings. The highest BCUT2D eigenvalue weighted by atomic mass is 28.4. The molecule has 0 aromatic carbocycles. The molecule has 0 aromatic rings. The van der Waals surface area contributed by atoms with Gasteiger partial charge in [-0.25, -0.2) is 4.39 Å². The van der Waals surface area contributed by atoms with Crippen LogP contribution in [0.25, 0.3) is 0 Å². The molecule has 0 radical (unpaired) electrons. The second-order valence-electron chi connectivity index (χ2n) is 11.0. The molecule has 1 N–H and O–H groups in total. The Balaban J connectivity index is 1.99. The Kier molecular flexibility index (Phi) is 9.22. The number of rotatable bonds is 11. The van der Waals surface area contributed by atoms with Gasteiger partial charge < -0.3 is 9.53 Å². The van der Waals surface area contributed by atoms with Gasteiger partial charge in [0.15, 0.2) is 8.32 Å². The Labute approximate surface area is 187 Å². The van der Waals surface area contributed by atoms with E-state index >= 15 is 4.39 Å². The van der Waals surface area contributed by atoms with Crippen LogP contribution < -0.4 is 0 Å². The molecular weight excluding hydrogens is 391 g/mol. The average molecular weight is 441 g/mol. The predicted octanol–water partition coefficient (Wildman–Crippen LogP) is 7.68. The van der Waals surface area contributed by atoms with Crippen LogP contribution in [0.4, 0.5) is 4.39 Å². The maximum absolute atomic E-state index is 15.4. The summed E-state index contributed by atoms with van der Waals surface area (Å²) in [6, 6.07) is 3.20. The van der Waals surface area contributed by atoms with Crippen molar-refractivity contribution in [3.05, 3.63) is 11.6 Å². The van der Waals surface area contributed by atoms with Crippen LogP contribution >= 0.6 is 0 Å². The maximum atomic E-state index is 15.4. The molecule has 2 aliphatic carbocycles. The molecule has 2 nitrogen and oxygen atoms in total. The van der Waals surface area contributed by atoms with Gasteiger partial charge in [-0.3, -0.25) is 0 Å². The average Bonchev–Trinajstić information content (AvgIpc) is 3.08. The number of allylic oxidation sites excluding steroid dienone is 1. The van der Waals surface area contributed by atoms with Crippen LogP contribution in [0.2, 0.25) is 18.1 Å². The molecule has 30 heavy (non-hydrogen) atoms. The summed E-state index contributed by atoms with van der Waals surface area (Å²) in [5.41, 5.74) is 1.13. The Morgan fingerprint density at radius 3 is 2.40 bits per heavy atom. The molecule has 176 valence electrons. The van der Waals surface area contributed by atoms with Gasteiger partial charge in [0.1, 0.15) is 6.17 Å². The fourth-order valence-electron chi connectivity index (χ4n) is 6.92. The summed E-state index contributed by atoms with van der Waals surface area (Å²) in [4.78, 5) is 0. The highest BCUT2D eigenvalue weighted by Crippen LogP contribution is 2.59. The fourth-order valence-corrected chi connectivity index (χ4v) is 10.1. The molecule has 0 aliphatic heterocycles. The summed E-state index contributed by atoms with van der Waals surface area (Å²) < 4.78 is 22.0. The summed E-state index contributed by atoms with van der Waals surface area (Å²) >= 11 is 0. The van der Waals surface area contributed by atoms with Crippen LogP contribution in [0.15, 0.2) is 11.6 Å². The summed E-state index contributed by atoms with van der Waals surface area (Å²) in [6.45, 7) is 15.6. The van der Waals surface area contributed by atoms with Crippen molar-refractivity contribution in [2.24, 2.45) is 23.2 Å². The van der Waals surface area contributed by atoms with Gasteiger partial charge in [-0.05, 0) is 100 Å². The number of aliphatic hydroxyl groups excluding tert-OH is 1. The standard InChI is InChI=1S/C26H49FO2Si/c1-8-30(9-2,10-3)29-25(5,6)24(27)16-13-20(4)22-14-15-23-21(17-19-28)12-11-18-26(22,23)7/h17,20,22-24,28H,8-16,18-19H2,1-7H3/b21-17+/t20-,22-,23+,24+,26-/m1/s1. The first kappa shape index (κ1) is 26.1. The summed E-state index contributed by atoms with van der Waals surface area (Å²) in [5.74, 6) is 1.82. The molecule has 0 bridgehead atoms. The van der Waals surface area contributed by atoms with Crippen molar-refractivity contribution < 1.29 is 13.9 Å². The first-order chi connectivity index (χ1) is 14.1. The number of fused-ring (bicyclic) bond motifs is 1. The van der Waals surface area contributed by atoms with E-state index in [9.17, 15) is 5.11 Å². The van der Waals surface area contributed by atoms with E-state index in [1.54, 1.807) is 0 Å². The van der Waals surface area contributed by atoms with Crippen molar-refractivity contribution in [2.45, 2.75) is 123 Å². The zero-order valence-corrected chi connectivity index (χ0v) is 21.9. The first-order valence-corrected chi connectivity index (χ1v) is 15.3. The second-order valence-corrected chi connectivity index (χ2v) is 15.7. The van der Waals surface area contributed by atoms with Gasteiger partial charge in [-0.2, -0.15) is 0 Å². The third-order valence-corrected chi connectivity index (χ3v) is 13.9. The maximum Gasteiger partial charge on any atom is 0.192 e. The Morgan fingerprint density at radius 1 is 1.20 bits per heavy atom. The fraction of sp³-hybridized carbons (Fsp3) is 0.923. The van der Waals surface area contributed by atoms with Crippen molar-refractivity contribution in [3.63, 3.8) is 0 Å². The molecule has 4 heteroatoms. The highest BCUT2D eigenvalue weighted by molar-refractivity contribution is 6.73. The lowest BCUT2D eigenvalue weighted by Crippen LogP contribution is -2.49. The van der Waals surface area contributed by atoms with Crippen LogP contribution in [-0.4, -0.2) is 31.8 Å². The van der Waals surface area contributed by atoms with Gasteiger partial charge >= 0.3 is 0 Å². The second kappa shape index (κ2) is 10.6. The van der Waals surface area contributed by atoms with Gasteiger partial charge in [-0.15, -0.1) is 0 Å². The molecule has 0 heterocycles. The van der Waals surface area contributed by atoms with Gasteiger partial charge in [0.05, 0.1) is 12.2 Å². The zero-order chi connectivity index (χ0) is 22.6. The largest absolute Gasteiger partial charge is 0.409 e. The van der Waals surface area contributed by atoms with Crippen LogP contribution in [-0.2, 0) is 4.43 Å². The summed E-state index contributed by atoms with van der Waals surface area (Å²) in [7, 11) is -1.81. The first-order valence-electron chi connectivity index (χ1n) is 12.7. The van der Waals surface area contributed by atoms with Crippen molar-refractivity contribution in [1.82, 2.24) is 0 Å². The van der Waals surface area contributed by atoms with Gasteiger partial charge in [0.25, 0.3) is 0 Å². The molecule has 0 spiro atoms. The lowest BCUT2D eigenvalue weighted by Gasteiger charge is -2.45. The molecule has 0 amide bonds. The number of halogens is 1. The molecule has 0 unspecified atom stereocenters. The minimum absolute atomic E-state index is 0.166. The lowest BCUT2D eigenvalue weighted by atomic mass is 9.60. The van der Waals surface area contributed by atoms with Crippen molar-refractivity contribution in [1.29, 1.82) is 0 Å². The SMILES string of the molecule is CC[Si](CC)(CC)OC(C)(C)[C@@H](F)CC[C@@H](C)[C@H]1CC[C@H]2/C(=C/CO)CCC[C@]12C. The van der Waals surface area contributed by atoms with Gasteiger partial charge in [-0.1, -0.05) is 46.3 Å². The van der Waals surface area contributed by atoms with Crippen molar-refractivity contribution in [2.75, 3.05) is 6.61 Å². The topological polar surface area (TPSA) is 29.5 Å². The molecule has 2 saturated carbocycles. The predicted molar refractivity (Wildman–Crippen MR) is 129 cm³/mol. The third-order valence-electron chi connectivity index (χ3n) is 9.12. The Bertz CT molecular complexity index is 563. The van der Waals surface area contributed by atoms with E-state index in [0.29, 0.717) is 29.6 Å². The lowest BCUT2D eigenvalue weighted by molar-refractivity contribution is 0.000354. The van der Waals surface area contributed by atoms with E-state index in [4.69, 9.17) is 4.43 Å². The van der Waals surface area contributed by atoms with Gasteiger partial charge in [0, 0.05) is 0 Å². The highest BCUT2D eigenvalue weighted by Gasteiger charge is 2.50. The minimum atomic E-state index is -1.81. The Morgan fingerprint density at radius 2 is 1.83 bits per heavy atom. The summed E-state index contributed by atoms with van der Waals surface area (Å²) in [6.07, 6.45) is 8.86. The quantitative estimate of drug-likeness (QED) is 0.264. The molecule has 2 rings (SSSR count). The van der Waals surface area contributed by atoms with E-state index in [1.807, 2.05) is 13.8 Å². The van der Waals surface area contributed by atoms with E-state index in [-0.39, 0.29) is 6.61 Å².